The smallest absolute Gasteiger partial charge is 0.419 e. The number of halogens is 3. The van der Waals surface area contributed by atoms with E-state index in [0.717, 1.165) is 32.0 Å². The number of hydrogen-bond acceptors (Lipinski definition) is 2. The predicted molar refractivity (Wildman–Crippen MR) is 98.2 cm³/mol. The zero-order valence-electron chi connectivity index (χ0n) is 15.3. The van der Waals surface area contributed by atoms with Crippen LogP contribution in [0.3, 0.4) is 0 Å². The molecule has 2 aromatic carbocycles. The fourth-order valence-corrected chi connectivity index (χ4v) is 2.91. The van der Waals surface area contributed by atoms with Crippen LogP contribution in [0.1, 0.15) is 37.3 Å². The Morgan fingerprint density at radius 2 is 1.62 bits per heavy atom. The van der Waals surface area contributed by atoms with Crippen LogP contribution in [-0.2, 0) is 12.7 Å². The average Bonchev–Trinajstić information content (AvgIpc) is 2.60. The van der Waals surface area contributed by atoms with Crippen molar-refractivity contribution in [2.45, 2.75) is 45.0 Å². The fourth-order valence-electron chi connectivity index (χ4n) is 2.91. The lowest BCUT2D eigenvalue weighted by Crippen LogP contribution is -2.26. The van der Waals surface area contributed by atoms with Crippen LogP contribution in [0.5, 0.6) is 5.75 Å². The van der Waals surface area contributed by atoms with E-state index in [-0.39, 0.29) is 11.9 Å². The van der Waals surface area contributed by atoms with Crippen molar-refractivity contribution in [1.82, 2.24) is 4.90 Å². The van der Waals surface area contributed by atoms with Crippen LogP contribution in [0.25, 0.3) is 0 Å². The van der Waals surface area contributed by atoms with Gasteiger partial charge in [0.1, 0.15) is 5.75 Å². The molecule has 0 fully saturated rings. The molecule has 2 aromatic rings. The van der Waals surface area contributed by atoms with Crippen LogP contribution in [0.2, 0.25) is 0 Å². The highest BCUT2D eigenvalue weighted by Crippen LogP contribution is 2.36. The van der Waals surface area contributed by atoms with E-state index >= 15 is 0 Å². The van der Waals surface area contributed by atoms with Crippen LogP contribution in [0, 0.1) is 0 Å². The highest BCUT2D eigenvalue weighted by atomic mass is 19.4. The van der Waals surface area contributed by atoms with Gasteiger partial charge in [-0.25, -0.2) is 0 Å². The quantitative estimate of drug-likeness (QED) is 0.559. The molecule has 0 aromatic heterocycles. The summed E-state index contributed by atoms with van der Waals surface area (Å²) in [5, 5.41) is 0. The average molecular weight is 365 g/mol. The largest absolute Gasteiger partial charge is 0.490 e. The molecule has 5 heteroatoms. The van der Waals surface area contributed by atoms with Crippen molar-refractivity contribution in [2.24, 2.45) is 0 Å². The third-order valence-corrected chi connectivity index (χ3v) is 4.22. The first-order chi connectivity index (χ1) is 12.4. The Morgan fingerprint density at radius 3 is 2.27 bits per heavy atom. The molecule has 0 aliphatic carbocycles. The lowest BCUT2D eigenvalue weighted by atomic mass is 10.1. The summed E-state index contributed by atoms with van der Waals surface area (Å²) in [6.07, 6.45) is -2.37. The minimum Gasteiger partial charge on any atom is -0.490 e. The molecule has 0 radical (unpaired) electrons. The van der Waals surface area contributed by atoms with E-state index in [4.69, 9.17) is 4.74 Å². The monoisotopic (exact) mass is 365 g/mol. The van der Waals surface area contributed by atoms with E-state index in [2.05, 4.69) is 17.0 Å². The van der Waals surface area contributed by atoms with Crippen LogP contribution in [0.15, 0.2) is 54.6 Å². The summed E-state index contributed by atoms with van der Waals surface area (Å²) >= 11 is 0. The number of nitrogens with zero attached hydrogens (tertiary/aromatic N) is 1. The van der Waals surface area contributed by atoms with Crippen molar-refractivity contribution in [3.8, 4) is 5.75 Å². The molecule has 0 aliphatic rings. The summed E-state index contributed by atoms with van der Waals surface area (Å²) in [4.78, 5) is 2.16. The number of hydrogen-bond donors (Lipinski definition) is 0. The summed E-state index contributed by atoms with van der Waals surface area (Å²) in [5.74, 6) is -0.0795. The van der Waals surface area contributed by atoms with Gasteiger partial charge in [0.05, 0.1) is 11.7 Å². The molecule has 26 heavy (non-hydrogen) atoms. The van der Waals surface area contributed by atoms with Gasteiger partial charge in [0.25, 0.3) is 0 Å². The lowest BCUT2D eigenvalue weighted by Gasteiger charge is -2.24. The van der Waals surface area contributed by atoms with Crippen molar-refractivity contribution in [2.75, 3.05) is 13.6 Å². The second-order valence-electron chi connectivity index (χ2n) is 6.53. The summed E-state index contributed by atoms with van der Waals surface area (Å²) in [6.45, 7) is 3.58. The molecule has 0 saturated heterocycles. The van der Waals surface area contributed by atoms with Gasteiger partial charge >= 0.3 is 6.18 Å². The van der Waals surface area contributed by atoms with Crippen molar-refractivity contribution >= 4 is 0 Å². The first kappa shape index (κ1) is 20.3. The van der Waals surface area contributed by atoms with Gasteiger partial charge in [-0.3, -0.25) is 0 Å². The van der Waals surface area contributed by atoms with Crippen molar-refractivity contribution in [3.05, 3.63) is 65.7 Å². The zero-order valence-corrected chi connectivity index (χ0v) is 15.3. The van der Waals surface area contributed by atoms with Crippen LogP contribution >= 0.6 is 0 Å². The highest BCUT2D eigenvalue weighted by Gasteiger charge is 2.34. The normalized spacial score (nSPS) is 13.0. The van der Waals surface area contributed by atoms with Gasteiger partial charge in [0.15, 0.2) is 0 Å². The minimum absolute atomic E-state index is 0.0795. The number of para-hydroxylation sites is 1. The molecule has 2 nitrogen and oxygen atoms in total. The molecular weight excluding hydrogens is 339 g/mol. The summed E-state index contributed by atoms with van der Waals surface area (Å²) < 4.78 is 45.2. The van der Waals surface area contributed by atoms with Crippen molar-refractivity contribution in [1.29, 1.82) is 0 Å². The molecule has 0 bridgehead atoms. The van der Waals surface area contributed by atoms with Gasteiger partial charge in [-0.1, -0.05) is 55.8 Å². The van der Waals surface area contributed by atoms with Crippen molar-refractivity contribution in [3.63, 3.8) is 0 Å². The summed E-state index contributed by atoms with van der Waals surface area (Å²) in [7, 11) is 2.01. The third kappa shape index (κ3) is 6.37. The van der Waals surface area contributed by atoms with E-state index in [9.17, 15) is 13.2 Å². The topological polar surface area (TPSA) is 12.5 Å². The van der Waals surface area contributed by atoms with E-state index in [1.165, 1.54) is 17.7 Å². The lowest BCUT2D eigenvalue weighted by molar-refractivity contribution is -0.139. The number of benzene rings is 2. The Morgan fingerprint density at radius 1 is 0.962 bits per heavy atom. The van der Waals surface area contributed by atoms with Crippen molar-refractivity contribution < 1.29 is 17.9 Å². The molecule has 1 atom stereocenters. The van der Waals surface area contributed by atoms with Gasteiger partial charge in [-0.05, 0) is 37.6 Å². The fraction of sp³-hybridized carbons (Fsp3) is 0.429. The molecule has 0 heterocycles. The van der Waals surface area contributed by atoms with Gasteiger partial charge in [0, 0.05) is 13.1 Å². The van der Waals surface area contributed by atoms with Crippen LogP contribution in [-0.4, -0.2) is 24.6 Å². The van der Waals surface area contributed by atoms with E-state index in [0.29, 0.717) is 6.42 Å². The second-order valence-corrected chi connectivity index (χ2v) is 6.53. The highest BCUT2D eigenvalue weighted by molar-refractivity contribution is 5.35. The van der Waals surface area contributed by atoms with E-state index in [1.807, 2.05) is 32.2 Å². The first-order valence-electron chi connectivity index (χ1n) is 8.95. The molecule has 2 rings (SSSR count). The van der Waals surface area contributed by atoms with E-state index in [1.54, 1.807) is 6.07 Å². The molecular formula is C21H26F3NO. The molecule has 0 N–H and O–H groups in total. The number of alkyl halides is 3. The minimum atomic E-state index is -4.41. The predicted octanol–water partition coefficient (Wildman–Crippen LogP) is 5.78. The molecule has 0 spiro atoms. The Hall–Kier alpha value is -2.01. The molecule has 0 aliphatic heterocycles. The zero-order chi connectivity index (χ0) is 19.0. The SMILES string of the molecule is CCC[C@@H](CCN(C)Cc1ccccc1)Oc1ccccc1C(F)(F)F. The summed E-state index contributed by atoms with van der Waals surface area (Å²) in [6, 6.07) is 15.5. The number of rotatable bonds is 9. The molecule has 142 valence electrons. The number of ether oxygens (including phenoxy) is 1. The van der Waals surface area contributed by atoms with Crippen LogP contribution < -0.4 is 4.74 Å². The Kier molecular flexibility index (Phi) is 7.51. The standard InChI is InChI=1S/C21H26F3NO/c1-3-9-18(14-15-25(2)16-17-10-5-4-6-11-17)26-20-13-8-7-12-19(20)21(22,23)24/h4-8,10-13,18H,3,9,14-16H2,1-2H3/t18-/m0/s1. The van der Waals surface area contributed by atoms with Gasteiger partial charge in [-0.15, -0.1) is 0 Å². The van der Waals surface area contributed by atoms with E-state index < -0.39 is 11.7 Å². The van der Waals surface area contributed by atoms with Gasteiger partial charge in [0.2, 0.25) is 0 Å². The summed E-state index contributed by atoms with van der Waals surface area (Å²) in [5.41, 5.74) is 0.504. The third-order valence-electron chi connectivity index (χ3n) is 4.22. The maximum Gasteiger partial charge on any atom is 0.419 e. The Labute approximate surface area is 153 Å². The maximum absolute atomic E-state index is 13.2. The first-order valence-corrected chi connectivity index (χ1v) is 8.95. The Balaban J connectivity index is 1.97. The Bertz CT molecular complexity index is 658. The van der Waals surface area contributed by atoms with Crippen LogP contribution in [0.4, 0.5) is 13.2 Å². The van der Waals surface area contributed by atoms with Gasteiger partial charge < -0.3 is 9.64 Å². The second kappa shape index (κ2) is 9.62. The molecule has 0 saturated carbocycles. The molecule has 0 amide bonds. The van der Waals surface area contributed by atoms with Gasteiger partial charge in [-0.2, -0.15) is 13.2 Å². The maximum atomic E-state index is 13.2. The molecule has 0 unspecified atom stereocenters.